The van der Waals surface area contributed by atoms with Crippen LogP contribution in [0.1, 0.15) is 17.5 Å². The predicted octanol–water partition coefficient (Wildman–Crippen LogP) is 2.18. The molecule has 2 aromatic carbocycles. The fraction of sp³-hybridized carbons (Fsp3) is 0.292. The van der Waals surface area contributed by atoms with Gasteiger partial charge in [0.05, 0.1) is 18.7 Å². The van der Waals surface area contributed by atoms with Crippen molar-refractivity contribution in [3.05, 3.63) is 59.7 Å². The molecule has 0 unspecified atom stereocenters. The number of hydrogen-bond donors (Lipinski definition) is 1. The quantitative estimate of drug-likeness (QED) is 0.669. The Morgan fingerprint density at radius 1 is 1.09 bits per heavy atom. The smallest absolute Gasteiger partial charge is 0.255 e. The molecule has 0 aliphatic carbocycles. The lowest BCUT2D eigenvalue weighted by Crippen LogP contribution is -2.34. The topological polar surface area (TPSA) is 109 Å². The number of benzene rings is 2. The van der Waals surface area contributed by atoms with Crippen molar-refractivity contribution in [3.8, 4) is 17.6 Å². The Morgan fingerprint density at radius 2 is 1.88 bits per heavy atom. The number of anilines is 1. The van der Waals surface area contributed by atoms with Gasteiger partial charge in [-0.05, 0) is 54.5 Å². The summed E-state index contributed by atoms with van der Waals surface area (Å²) in [6.45, 7) is 2.64. The lowest BCUT2D eigenvalue weighted by atomic mass is 10.2. The zero-order valence-electron chi connectivity index (χ0n) is 18.0. The molecule has 0 saturated carbocycles. The zero-order chi connectivity index (χ0) is 22.9. The minimum atomic E-state index is -0.572. The van der Waals surface area contributed by atoms with Crippen molar-refractivity contribution in [2.24, 2.45) is 5.73 Å². The van der Waals surface area contributed by atoms with E-state index in [1.807, 2.05) is 29.2 Å². The van der Waals surface area contributed by atoms with Gasteiger partial charge in [0.2, 0.25) is 5.91 Å². The van der Waals surface area contributed by atoms with Gasteiger partial charge < -0.3 is 25.0 Å². The minimum Gasteiger partial charge on any atom is -0.493 e. The van der Waals surface area contributed by atoms with Gasteiger partial charge in [-0.2, -0.15) is 5.26 Å². The van der Waals surface area contributed by atoms with Gasteiger partial charge in [0.1, 0.15) is 0 Å². The van der Waals surface area contributed by atoms with Crippen LogP contribution in [-0.2, 0) is 9.59 Å². The number of carbonyl (C=O) groups excluding carboxylic acids is 2. The Bertz CT molecular complexity index is 1030. The summed E-state index contributed by atoms with van der Waals surface area (Å²) in [6.07, 6.45) is 4.14. The van der Waals surface area contributed by atoms with Crippen molar-refractivity contribution >= 4 is 23.6 Å². The molecule has 32 heavy (non-hydrogen) atoms. The highest BCUT2D eigenvalue weighted by atomic mass is 16.5. The number of nitrogens with zero attached hydrogens (tertiary/aromatic N) is 3. The molecule has 1 saturated heterocycles. The van der Waals surface area contributed by atoms with E-state index in [-0.39, 0.29) is 12.5 Å². The summed E-state index contributed by atoms with van der Waals surface area (Å²) in [7, 11) is 1.50. The highest BCUT2D eigenvalue weighted by Crippen LogP contribution is 2.28. The van der Waals surface area contributed by atoms with Gasteiger partial charge in [0, 0.05) is 37.9 Å². The molecule has 2 N–H and O–H groups in total. The van der Waals surface area contributed by atoms with Crippen LogP contribution in [0.25, 0.3) is 6.08 Å². The molecule has 2 aromatic rings. The maximum Gasteiger partial charge on any atom is 0.255 e. The van der Waals surface area contributed by atoms with E-state index in [4.69, 9.17) is 20.5 Å². The SMILES string of the molecule is COc1cc(/C=C/C(=O)N2CCCN(c3ccc(C#N)cc3)CC2)ccc1OCC(N)=O. The second-order valence-corrected chi connectivity index (χ2v) is 7.32. The number of nitrogens with two attached hydrogens (primary N) is 1. The van der Waals surface area contributed by atoms with Crippen LogP contribution in [0.3, 0.4) is 0 Å². The van der Waals surface area contributed by atoms with Gasteiger partial charge in [-0.1, -0.05) is 6.07 Å². The zero-order valence-corrected chi connectivity index (χ0v) is 18.0. The molecule has 0 radical (unpaired) electrons. The maximum absolute atomic E-state index is 12.7. The molecule has 166 valence electrons. The molecule has 0 spiro atoms. The molecule has 1 aliphatic heterocycles. The third-order valence-corrected chi connectivity index (χ3v) is 5.15. The molecule has 8 heteroatoms. The largest absolute Gasteiger partial charge is 0.493 e. The van der Waals surface area contributed by atoms with Gasteiger partial charge in [-0.3, -0.25) is 9.59 Å². The van der Waals surface area contributed by atoms with E-state index in [0.717, 1.165) is 30.8 Å². The molecule has 0 bridgehead atoms. The summed E-state index contributed by atoms with van der Waals surface area (Å²) in [5.74, 6) is 0.232. The highest BCUT2D eigenvalue weighted by Gasteiger charge is 2.18. The number of amides is 2. The lowest BCUT2D eigenvalue weighted by Gasteiger charge is -2.23. The minimum absolute atomic E-state index is 0.0558. The molecule has 2 amide bonds. The molecular weight excluding hydrogens is 408 g/mol. The first-order valence-corrected chi connectivity index (χ1v) is 10.3. The molecule has 0 aromatic heterocycles. The normalized spacial score (nSPS) is 14.0. The second kappa shape index (κ2) is 10.9. The molecule has 3 rings (SSSR count). The second-order valence-electron chi connectivity index (χ2n) is 7.32. The van der Waals surface area contributed by atoms with Crippen LogP contribution in [0.15, 0.2) is 48.5 Å². The Kier molecular flexibility index (Phi) is 7.70. The van der Waals surface area contributed by atoms with Crippen molar-refractivity contribution in [3.63, 3.8) is 0 Å². The van der Waals surface area contributed by atoms with E-state index in [2.05, 4.69) is 11.0 Å². The number of ether oxygens (including phenoxy) is 2. The average Bonchev–Trinajstić information content (AvgIpc) is 3.08. The van der Waals surface area contributed by atoms with E-state index < -0.39 is 5.91 Å². The van der Waals surface area contributed by atoms with Crippen LogP contribution in [0.5, 0.6) is 11.5 Å². The van der Waals surface area contributed by atoms with Crippen LogP contribution in [0.4, 0.5) is 5.69 Å². The molecular formula is C24H26N4O4. The third-order valence-electron chi connectivity index (χ3n) is 5.15. The van der Waals surface area contributed by atoms with Gasteiger partial charge >= 0.3 is 0 Å². The number of nitriles is 1. The number of methoxy groups -OCH3 is 1. The van der Waals surface area contributed by atoms with Crippen molar-refractivity contribution in [2.45, 2.75) is 6.42 Å². The summed E-state index contributed by atoms with van der Waals surface area (Å²) in [5, 5.41) is 8.96. The van der Waals surface area contributed by atoms with Crippen LogP contribution in [0, 0.1) is 11.3 Å². The van der Waals surface area contributed by atoms with Crippen LogP contribution < -0.4 is 20.1 Å². The molecule has 1 aliphatic rings. The third kappa shape index (κ3) is 6.01. The maximum atomic E-state index is 12.7. The Labute approximate surface area is 187 Å². The number of hydrogen-bond acceptors (Lipinski definition) is 6. The Hall–Kier alpha value is -3.99. The first kappa shape index (κ1) is 22.7. The number of primary amides is 1. The molecule has 8 nitrogen and oxygen atoms in total. The highest BCUT2D eigenvalue weighted by molar-refractivity contribution is 5.92. The van der Waals surface area contributed by atoms with Gasteiger partial charge in [-0.15, -0.1) is 0 Å². The monoisotopic (exact) mass is 434 g/mol. The van der Waals surface area contributed by atoms with Crippen LogP contribution in [-0.4, -0.2) is 56.6 Å². The van der Waals surface area contributed by atoms with Crippen molar-refractivity contribution < 1.29 is 19.1 Å². The van der Waals surface area contributed by atoms with Crippen molar-refractivity contribution in [1.82, 2.24) is 4.90 Å². The first-order chi connectivity index (χ1) is 15.5. The lowest BCUT2D eigenvalue weighted by molar-refractivity contribution is -0.125. The first-order valence-electron chi connectivity index (χ1n) is 10.3. The summed E-state index contributed by atoms with van der Waals surface area (Å²) in [4.78, 5) is 27.7. The van der Waals surface area contributed by atoms with Crippen LogP contribution in [0.2, 0.25) is 0 Å². The van der Waals surface area contributed by atoms with Gasteiger partial charge in [0.15, 0.2) is 18.1 Å². The van der Waals surface area contributed by atoms with Crippen LogP contribution >= 0.6 is 0 Å². The Balaban J connectivity index is 1.60. The van der Waals surface area contributed by atoms with E-state index in [1.54, 1.807) is 30.4 Å². The molecule has 1 heterocycles. The standard InChI is InChI=1S/C24H26N4O4/c1-31-22-15-18(5-9-21(22)32-17-23(26)29)6-10-24(30)28-12-2-11-27(13-14-28)20-7-3-19(16-25)4-8-20/h3-10,15H,2,11-14,17H2,1H3,(H2,26,29)/b10-6+. The van der Waals surface area contributed by atoms with E-state index in [0.29, 0.717) is 30.2 Å². The average molecular weight is 434 g/mol. The summed E-state index contributed by atoms with van der Waals surface area (Å²) >= 11 is 0. The number of carbonyl (C=O) groups is 2. The predicted molar refractivity (Wildman–Crippen MR) is 121 cm³/mol. The van der Waals surface area contributed by atoms with Gasteiger partial charge in [-0.25, -0.2) is 0 Å². The number of rotatable bonds is 7. The fourth-order valence-electron chi connectivity index (χ4n) is 3.47. The summed E-state index contributed by atoms with van der Waals surface area (Å²) in [6, 6.07) is 14.8. The van der Waals surface area contributed by atoms with E-state index in [9.17, 15) is 9.59 Å². The summed E-state index contributed by atoms with van der Waals surface area (Å²) in [5.41, 5.74) is 7.57. The van der Waals surface area contributed by atoms with Crippen molar-refractivity contribution in [1.29, 1.82) is 5.26 Å². The van der Waals surface area contributed by atoms with Crippen molar-refractivity contribution in [2.75, 3.05) is 44.8 Å². The molecule has 1 fully saturated rings. The van der Waals surface area contributed by atoms with Gasteiger partial charge in [0.25, 0.3) is 5.91 Å². The van der Waals surface area contributed by atoms with E-state index in [1.165, 1.54) is 7.11 Å². The summed E-state index contributed by atoms with van der Waals surface area (Å²) < 4.78 is 10.6. The Morgan fingerprint density at radius 3 is 2.56 bits per heavy atom. The molecule has 0 atom stereocenters. The fourth-order valence-corrected chi connectivity index (χ4v) is 3.47. The van der Waals surface area contributed by atoms with E-state index >= 15 is 0 Å².